The fourth-order valence-corrected chi connectivity index (χ4v) is 3.35. The molecule has 0 aliphatic carbocycles. The molecular formula is C21H31N7O3. The van der Waals surface area contributed by atoms with Crippen molar-refractivity contribution in [2.75, 3.05) is 18.8 Å². The van der Waals surface area contributed by atoms with Gasteiger partial charge in [-0.05, 0) is 52.2 Å². The quantitative estimate of drug-likeness (QED) is 0.432. The van der Waals surface area contributed by atoms with E-state index in [0.29, 0.717) is 37.4 Å². The molecule has 3 rings (SSSR count). The lowest BCUT2D eigenvalue weighted by Crippen LogP contribution is -2.50. The molecule has 2 aromatic heterocycles. The number of hydrogen-bond donors (Lipinski definition) is 3. The van der Waals surface area contributed by atoms with Crippen LogP contribution >= 0.6 is 0 Å². The van der Waals surface area contributed by atoms with Gasteiger partial charge in [-0.25, -0.2) is 4.79 Å². The number of hydrogen-bond acceptors (Lipinski definition) is 7. The van der Waals surface area contributed by atoms with E-state index in [1.165, 1.54) is 0 Å². The zero-order valence-corrected chi connectivity index (χ0v) is 18.3. The lowest BCUT2D eigenvalue weighted by atomic mass is 9.96. The maximum Gasteiger partial charge on any atom is 0.410 e. The fraction of sp³-hybridized carbons (Fsp3) is 0.524. The number of nitrogens with one attached hydrogen (secondary N) is 1. The van der Waals surface area contributed by atoms with Crippen LogP contribution in [0.15, 0.2) is 18.0 Å². The molecule has 1 fully saturated rings. The summed E-state index contributed by atoms with van der Waals surface area (Å²) in [4.78, 5) is 27.6. The minimum atomic E-state index is -0.498. The fourth-order valence-electron chi connectivity index (χ4n) is 3.35. The summed E-state index contributed by atoms with van der Waals surface area (Å²) < 4.78 is 7.04. The highest BCUT2D eigenvalue weighted by molar-refractivity contribution is 5.71. The number of carbonyl (C=O) groups is 2. The van der Waals surface area contributed by atoms with E-state index in [-0.39, 0.29) is 12.0 Å². The molecule has 0 aromatic carbocycles. The molecule has 0 unspecified atom stereocenters. The predicted octanol–water partition coefficient (Wildman–Crippen LogP) is 2.51. The number of nitrogens with zero attached hydrogens (tertiary/aromatic N) is 4. The number of allylic oxidation sites excluding steroid dienone is 1. The van der Waals surface area contributed by atoms with Crippen LogP contribution in [0, 0.1) is 0 Å². The molecule has 10 heteroatoms. The summed E-state index contributed by atoms with van der Waals surface area (Å²) in [6.45, 7) is 7.45. The number of aromatic amines is 1. The molecule has 3 heterocycles. The lowest BCUT2D eigenvalue weighted by Gasteiger charge is -2.39. The number of ether oxygens (including phenoxy) is 1. The number of H-pyrrole nitrogens is 1. The minimum Gasteiger partial charge on any atom is -0.444 e. The first-order valence-corrected chi connectivity index (χ1v) is 10.4. The van der Waals surface area contributed by atoms with E-state index < -0.39 is 5.60 Å². The van der Waals surface area contributed by atoms with Crippen LogP contribution in [0.2, 0.25) is 0 Å². The molecule has 1 amide bonds. The van der Waals surface area contributed by atoms with E-state index in [0.717, 1.165) is 36.2 Å². The van der Waals surface area contributed by atoms with E-state index in [1.54, 1.807) is 15.8 Å². The Morgan fingerprint density at radius 3 is 2.74 bits per heavy atom. The second kappa shape index (κ2) is 9.23. The Kier molecular flexibility index (Phi) is 6.67. The summed E-state index contributed by atoms with van der Waals surface area (Å²) in [6.07, 6.45) is 6.37. The van der Waals surface area contributed by atoms with Crippen LogP contribution in [0.5, 0.6) is 0 Å². The van der Waals surface area contributed by atoms with Gasteiger partial charge in [-0.15, -0.1) is 5.10 Å². The van der Waals surface area contributed by atoms with Crippen molar-refractivity contribution in [1.82, 2.24) is 24.9 Å². The van der Waals surface area contributed by atoms with Gasteiger partial charge in [-0.1, -0.05) is 5.21 Å². The van der Waals surface area contributed by atoms with Crippen molar-refractivity contribution < 1.29 is 14.3 Å². The molecule has 1 aliphatic rings. The van der Waals surface area contributed by atoms with E-state index >= 15 is 0 Å². The molecular weight excluding hydrogens is 398 g/mol. The standard InChI is InChI=1S/C21H31N7O3/c1-21(2,3)31-20(30)27-10-15(11-27)18-9-14(19(23)24-18)8-16(22)6-4-5-7-28-12-17(13-29)25-26-28/h8-9,12-13,15,24H,4-7,10-11,22-23H2,1-3H3/b16-8-. The predicted molar refractivity (Wildman–Crippen MR) is 117 cm³/mol. The number of aldehydes is 1. The van der Waals surface area contributed by atoms with Crippen molar-refractivity contribution in [2.45, 2.75) is 58.1 Å². The molecule has 0 atom stereocenters. The summed E-state index contributed by atoms with van der Waals surface area (Å²) >= 11 is 0. The summed E-state index contributed by atoms with van der Waals surface area (Å²) in [5, 5.41) is 7.62. The number of anilines is 1. The van der Waals surface area contributed by atoms with E-state index in [1.807, 2.05) is 32.9 Å². The number of carbonyl (C=O) groups excluding carboxylic acids is 2. The molecule has 10 nitrogen and oxygen atoms in total. The van der Waals surface area contributed by atoms with Crippen molar-refractivity contribution in [3.8, 4) is 0 Å². The Labute approximate surface area is 181 Å². The maximum atomic E-state index is 12.1. The Bertz CT molecular complexity index is 949. The summed E-state index contributed by atoms with van der Waals surface area (Å²) in [5.41, 5.74) is 14.7. The van der Waals surface area contributed by atoms with Crippen LogP contribution in [0.3, 0.4) is 0 Å². The van der Waals surface area contributed by atoms with Crippen molar-refractivity contribution in [1.29, 1.82) is 0 Å². The zero-order valence-electron chi connectivity index (χ0n) is 18.3. The maximum absolute atomic E-state index is 12.1. The van der Waals surface area contributed by atoms with Crippen LogP contribution < -0.4 is 11.5 Å². The molecule has 0 saturated carbocycles. The molecule has 31 heavy (non-hydrogen) atoms. The number of aromatic nitrogens is 4. The van der Waals surface area contributed by atoms with Crippen molar-refractivity contribution >= 4 is 24.3 Å². The largest absolute Gasteiger partial charge is 0.444 e. The van der Waals surface area contributed by atoms with E-state index in [4.69, 9.17) is 16.2 Å². The Balaban J connectivity index is 1.46. The number of nitrogen functional groups attached to an aromatic ring is 1. The van der Waals surface area contributed by atoms with Gasteiger partial charge in [0, 0.05) is 42.5 Å². The van der Waals surface area contributed by atoms with Gasteiger partial charge in [-0.2, -0.15) is 0 Å². The highest BCUT2D eigenvalue weighted by atomic mass is 16.6. The first kappa shape index (κ1) is 22.4. The SMILES string of the molecule is CC(C)(C)OC(=O)N1CC(c2cc(/C=C(\N)CCCCn3cc(C=O)nn3)c(N)[nH]2)C1. The number of aryl methyl sites for hydroxylation is 1. The van der Waals surface area contributed by atoms with Gasteiger partial charge in [0.25, 0.3) is 0 Å². The number of nitrogens with two attached hydrogens (primary N) is 2. The number of unbranched alkanes of at least 4 members (excludes halogenated alkanes) is 1. The van der Waals surface area contributed by atoms with Crippen molar-refractivity contribution in [3.05, 3.63) is 34.9 Å². The highest BCUT2D eigenvalue weighted by Crippen LogP contribution is 2.30. The van der Waals surface area contributed by atoms with E-state index in [9.17, 15) is 9.59 Å². The first-order chi connectivity index (χ1) is 14.6. The van der Waals surface area contributed by atoms with Crippen LogP contribution in [0.25, 0.3) is 6.08 Å². The average Bonchev–Trinajstić information content (AvgIpc) is 3.23. The molecule has 0 spiro atoms. The monoisotopic (exact) mass is 429 g/mol. The Hall–Kier alpha value is -3.30. The van der Waals surface area contributed by atoms with E-state index in [2.05, 4.69) is 15.3 Å². The lowest BCUT2D eigenvalue weighted by molar-refractivity contribution is 0.00792. The Morgan fingerprint density at radius 1 is 1.35 bits per heavy atom. The third-order valence-electron chi connectivity index (χ3n) is 4.99. The molecule has 5 N–H and O–H groups in total. The molecule has 168 valence electrons. The summed E-state index contributed by atoms with van der Waals surface area (Å²) in [7, 11) is 0. The highest BCUT2D eigenvalue weighted by Gasteiger charge is 2.35. The topological polar surface area (TPSA) is 145 Å². The van der Waals surface area contributed by atoms with Gasteiger partial charge < -0.3 is 26.1 Å². The molecule has 0 bridgehead atoms. The average molecular weight is 430 g/mol. The van der Waals surface area contributed by atoms with Gasteiger partial charge in [0.1, 0.15) is 17.1 Å². The summed E-state index contributed by atoms with van der Waals surface area (Å²) in [5.74, 6) is 0.773. The first-order valence-electron chi connectivity index (χ1n) is 10.4. The molecule has 0 radical (unpaired) electrons. The van der Waals surface area contributed by atoms with Gasteiger partial charge in [0.05, 0.1) is 6.20 Å². The number of rotatable bonds is 8. The zero-order chi connectivity index (χ0) is 22.6. The van der Waals surface area contributed by atoms with Gasteiger partial charge in [0.15, 0.2) is 6.29 Å². The third-order valence-corrected chi connectivity index (χ3v) is 4.99. The summed E-state index contributed by atoms with van der Waals surface area (Å²) in [6, 6.07) is 2.00. The molecule has 2 aromatic rings. The van der Waals surface area contributed by atoms with Gasteiger partial charge in [0.2, 0.25) is 0 Å². The number of amides is 1. The smallest absolute Gasteiger partial charge is 0.410 e. The van der Waals surface area contributed by atoms with Gasteiger partial charge >= 0.3 is 6.09 Å². The van der Waals surface area contributed by atoms with Crippen LogP contribution in [-0.2, 0) is 11.3 Å². The van der Waals surface area contributed by atoms with Crippen LogP contribution in [0.4, 0.5) is 10.6 Å². The van der Waals surface area contributed by atoms with Crippen LogP contribution in [0.1, 0.15) is 67.7 Å². The van der Waals surface area contributed by atoms with Crippen molar-refractivity contribution in [2.24, 2.45) is 5.73 Å². The number of likely N-dealkylation sites (tertiary alicyclic amines) is 1. The van der Waals surface area contributed by atoms with Crippen molar-refractivity contribution in [3.63, 3.8) is 0 Å². The molecule has 1 saturated heterocycles. The minimum absolute atomic E-state index is 0.206. The second-order valence-electron chi connectivity index (χ2n) is 8.88. The molecule has 1 aliphatic heterocycles. The second-order valence-corrected chi connectivity index (χ2v) is 8.88. The normalized spacial score (nSPS) is 15.1. The third kappa shape index (κ3) is 6.09. The Morgan fingerprint density at radius 2 is 2.10 bits per heavy atom. The van der Waals surface area contributed by atoms with Gasteiger partial charge in [-0.3, -0.25) is 9.48 Å². The van der Waals surface area contributed by atoms with Crippen LogP contribution in [-0.4, -0.2) is 55.9 Å².